The van der Waals surface area contributed by atoms with Gasteiger partial charge < -0.3 is 4.74 Å². The normalized spacial score (nSPS) is 23.1. The minimum absolute atomic E-state index is 0.244. The van der Waals surface area contributed by atoms with Crippen molar-refractivity contribution in [2.75, 3.05) is 19.8 Å². The van der Waals surface area contributed by atoms with E-state index in [1.54, 1.807) is 28.6 Å². The Bertz CT molecular complexity index is 531. The Labute approximate surface area is 109 Å². The van der Waals surface area contributed by atoms with Gasteiger partial charge in [0.05, 0.1) is 23.6 Å². The molecule has 2 fully saturated rings. The minimum atomic E-state index is -3.35. The second-order valence-corrected chi connectivity index (χ2v) is 7.28. The number of ether oxygens (including phenoxy) is 1. The van der Waals surface area contributed by atoms with Crippen molar-refractivity contribution in [1.82, 2.24) is 4.31 Å². The summed E-state index contributed by atoms with van der Waals surface area (Å²) in [6, 6.07) is 6.75. The van der Waals surface area contributed by atoms with Crippen LogP contribution >= 0.6 is 15.9 Å². The van der Waals surface area contributed by atoms with Crippen molar-refractivity contribution in [3.8, 4) is 0 Å². The predicted octanol–water partition coefficient (Wildman–Crippen LogP) is 1.61. The van der Waals surface area contributed by atoms with Crippen molar-refractivity contribution in [3.63, 3.8) is 0 Å². The third kappa shape index (κ3) is 1.66. The SMILES string of the molecule is O=S(=O)(c1ccc(Br)cc1)N1CCC12COC2. The maximum Gasteiger partial charge on any atom is 0.243 e. The van der Waals surface area contributed by atoms with Crippen molar-refractivity contribution >= 4 is 26.0 Å². The van der Waals surface area contributed by atoms with Crippen molar-refractivity contribution in [2.24, 2.45) is 0 Å². The molecule has 0 aromatic heterocycles. The van der Waals surface area contributed by atoms with Crippen LogP contribution in [-0.4, -0.2) is 38.0 Å². The molecule has 2 aliphatic heterocycles. The van der Waals surface area contributed by atoms with Crippen LogP contribution < -0.4 is 0 Å². The topological polar surface area (TPSA) is 46.6 Å². The van der Waals surface area contributed by atoms with Crippen molar-refractivity contribution in [2.45, 2.75) is 16.9 Å². The van der Waals surface area contributed by atoms with Gasteiger partial charge in [-0.1, -0.05) is 15.9 Å². The number of sulfonamides is 1. The van der Waals surface area contributed by atoms with E-state index in [2.05, 4.69) is 15.9 Å². The zero-order valence-corrected chi connectivity index (χ0v) is 11.5. The van der Waals surface area contributed by atoms with Crippen LogP contribution in [0.1, 0.15) is 6.42 Å². The van der Waals surface area contributed by atoms with E-state index in [9.17, 15) is 8.42 Å². The first-order valence-corrected chi connectivity index (χ1v) is 7.64. The molecule has 2 aliphatic rings. The van der Waals surface area contributed by atoms with E-state index in [4.69, 9.17) is 4.74 Å². The Balaban J connectivity index is 1.93. The summed E-state index contributed by atoms with van der Waals surface area (Å²) in [5, 5.41) is 0. The van der Waals surface area contributed by atoms with Gasteiger partial charge in [0.2, 0.25) is 10.0 Å². The molecule has 4 nitrogen and oxygen atoms in total. The lowest BCUT2D eigenvalue weighted by molar-refractivity contribution is -0.156. The molecule has 2 saturated heterocycles. The molecule has 0 N–H and O–H groups in total. The fourth-order valence-corrected chi connectivity index (χ4v) is 4.29. The van der Waals surface area contributed by atoms with Crippen LogP contribution in [0.5, 0.6) is 0 Å². The van der Waals surface area contributed by atoms with E-state index in [1.807, 2.05) is 0 Å². The van der Waals surface area contributed by atoms with Gasteiger partial charge in [-0.25, -0.2) is 8.42 Å². The predicted molar refractivity (Wildman–Crippen MR) is 66.2 cm³/mol. The van der Waals surface area contributed by atoms with Crippen LogP contribution in [0.4, 0.5) is 0 Å². The summed E-state index contributed by atoms with van der Waals surface area (Å²) in [5.74, 6) is 0. The zero-order valence-electron chi connectivity index (χ0n) is 9.10. The first-order chi connectivity index (χ1) is 8.05. The van der Waals surface area contributed by atoms with Crippen LogP contribution in [0.3, 0.4) is 0 Å². The van der Waals surface area contributed by atoms with E-state index in [0.717, 1.165) is 10.9 Å². The second kappa shape index (κ2) is 3.78. The van der Waals surface area contributed by atoms with Crippen LogP contribution in [0.2, 0.25) is 0 Å². The van der Waals surface area contributed by atoms with E-state index < -0.39 is 10.0 Å². The molecule has 0 aliphatic carbocycles. The molecule has 0 atom stereocenters. The average molecular weight is 318 g/mol. The fourth-order valence-electron chi connectivity index (χ4n) is 2.25. The Kier molecular flexibility index (Phi) is 2.59. The Morgan fingerprint density at radius 3 is 2.29 bits per heavy atom. The third-order valence-corrected chi connectivity index (χ3v) is 6.00. The lowest BCUT2D eigenvalue weighted by atomic mass is 9.86. The van der Waals surface area contributed by atoms with Gasteiger partial charge in [-0.2, -0.15) is 4.31 Å². The maximum atomic E-state index is 12.4. The maximum absolute atomic E-state index is 12.4. The van der Waals surface area contributed by atoms with Crippen LogP contribution in [0.25, 0.3) is 0 Å². The van der Waals surface area contributed by atoms with E-state index in [0.29, 0.717) is 24.7 Å². The molecule has 92 valence electrons. The van der Waals surface area contributed by atoms with E-state index in [-0.39, 0.29) is 5.54 Å². The summed E-state index contributed by atoms with van der Waals surface area (Å²) in [6.07, 6.45) is 0.906. The zero-order chi connectivity index (χ0) is 12.1. The summed E-state index contributed by atoms with van der Waals surface area (Å²) in [7, 11) is -3.35. The summed E-state index contributed by atoms with van der Waals surface area (Å²) in [6.45, 7) is 1.66. The van der Waals surface area contributed by atoms with Gasteiger partial charge in [0, 0.05) is 11.0 Å². The molecule has 0 radical (unpaired) electrons. The number of hydrogen-bond donors (Lipinski definition) is 0. The molecule has 2 heterocycles. The van der Waals surface area contributed by atoms with Crippen molar-refractivity contribution in [3.05, 3.63) is 28.7 Å². The highest BCUT2D eigenvalue weighted by Crippen LogP contribution is 2.41. The highest BCUT2D eigenvalue weighted by atomic mass is 79.9. The number of hydrogen-bond acceptors (Lipinski definition) is 3. The van der Waals surface area contributed by atoms with Gasteiger partial charge in [-0.3, -0.25) is 0 Å². The number of rotatable bonds is 2. The summed E-state index contributed by atoms with van der Waals surface area (Å²) >= 11 is 3.30. The van der Waals surface area contributed by atoms with Crippen molar-refractivity contribution < 1.29 is 13.2 Å². The van der Waals surface area contributed by atoms with Crippen LogP contribution in [-0.2, 0) is 14.8 Å². The highest BCUT2D eigenvalue weighted by molar-refractivity contribution is 9.10. The first-order valence-electron chi connectivity index (χ1n) is 5.41. The minimum Gasteiger partial charge on any atom is -0.377 e. The molecule has 1 aromatic carbocycles. The smallest absolute Gasteiger partial charge is 0.243 e. The van der Waals surface area contributed by atoms with E-state index in [1.165, 1.54) is 0 Å². The molecule has 1 spiro atoms. The fraction of sp³-hybridized carbons (Fsp3) is 0.455. The average Bonchev–Trinajstić information content (AvgIpc) is 2.13. The lowest BCUT2D eigenvalue weighted by Crippen LogP contribution is -2.71. The number of benzene rings is 1. The third-order valence-electron chi connectivity index (χ3n) is 3.45. The molecular weight excluding hydrogens is 306 g/mol. The van der Waals surface area contributed by atoms with Gasteiger partial charge >= 0.3 is 0 Å². The summed E-state index contributed by atoms with van der Waals surface area (Å²) < 4.78 is 32.4. The monoisotopic (exact) mass is 317 g/mol. The van der Waals surface area contributed by atoms with Gasteiger partial charge in [0.25, 0.3) is 0 Å². The van der Waals surface area contributed by atoms with E-state index >= 15 is 0 Å². The quantitative estimate of drug-likeness (QED) is 0.832. The number of nitrogens with zero attached hydrogens (tertiary/aromatic N) is 1. The van der Waals surface area contributed by atoms with Gasteiger partial charge in [-0.15, -0.1) is 0 Å². The molecule has 0 saturated carbocycles. The van der Waals surface area contributed by atoms with Crippen LogP contribution in [0.15, 0.2) is 33.6 Å². The Hall–Kier alpha value is -0.430. The van der Waals surface area contributed by atoms with Gasteiger partial charge in [0.15, 0.2) is 0 Å². The molecular formula is C11H12BrNO3S. The standard InChI is InChI=1S/C11H12BrNO3S/c12-9-1-3-10(4-2-9)17(14,15)13-6-5-11(13)7-16-8-11/h1-4H,5-8H2. The van der Waals surface area contributed by atoms with Crippen LogP contribution in [0, 0.1) is 0 Å². The van der Waals surface area contributed by atoms with Crippen molar-refractivity contribution in [1.29, 1.82) is 0 Å². The summed E-state index contributed by atoms with van der Waals surface area (Å²) in [5.41, 5.74) is -0.244. The van der Waals surface area contributed by atoms with Gasteiger partial charge in [0.1, 0.15) is 0 Å². The largest absolute Gasteiger partial charge is 0.377 e. The van der Waals surface area contributed by atoms with Gasteiger partial charge in [-0.05, 0) is 30.7 Å². The summed E-state index contributed by atoms with van der Waals surface area (Å²) in [4.78, 5) is 0.353. The Morgan fingerprint density at radius 2 is 1.88 bits per heavy atom. The molecule has 17 heavy (non-hydrogen) atoms. The first kappa shape index (κ1) is 11.6. The molecule has 0 unspecified atom stereocenters. The lowest BCUT2D eigenvalue weighted by Gasteiger charge is -2.56. The molecule has 6 heteroatoms. The highest BCUT2D eigenvalue weighted by Gasteiger charge is 2.56. The molecule has 1 aromatic rings. The Morgan fingerprint density at radius 1 is 1.24 bits per heavy atom. The number of halogens is 1. The molecule has 0 amide bonds. The molecule has 3 rings (SSSR count). The molecule has 0 bridgehead atoms. The second-order valence-electron chi connectivity index (χ2n) is 4.50.